The van der Waals surface area contributed by atoms with Crippen LogP contribution >= 0.6 is 0 Å². The summed E-state index contributed by atoms with van der Waals surface area (Å²) in [6.45, 7) is 0. The standard InChI is InChI=1S/C26H14F8O6S/c1-38-11-5-8-14(13(9-11)10-3-6-12(7-4-10)41(35,36)37)40-26-23(33)19(29)16(20(30)24(26)34)15-17(27)21(31)25(39-2)22(32)18(15)28/h3-9H,1-2H3,(H,35,36,37). The van der Waals surface area contributed by atoms with Crippen molar-refractivity contribution >= 4 is 10.1 Å². The largest absolute Gasteiger partial charge is 0.497 e. The molecule has 15 heteroatoms. The van der Waals surface area contributed by atoms with Crippen LogP contribution in [0.4, 0.5) is 35.1 Å². The third-order valence-corrected chi connectivity index (χ3v) is 6.63. The molecular formula is C26H14F8O6S. The Hall–Kier alpha value is -4.37. The van der Waals surface area contributed by atoms with Crippen LogP contribution in [0.1, 0.15) is 0 Å². The first-order valence-electron chi connectivity index (χ1n) is 10.9. The van der Waals surface area contributed by atoms with E-state index in [1.54, 1.807) is 0 Å². The zero-order chi connectivity index (χ0) is 30.4. The van der Waals surface area contributed by atoms with Crippen LogP contribution in [0.3, 0.4) is 0 Å². The molecule has 0 fully saturated rings. The molecule has 0 saturated carbocycles. The lowest BCUT2D eigenvalue weighted by molar-refractivity contribution is 0.332. The second-order valence-electron chi connectivity index (χ2n) is 8.09. The average Bonchev–Trinajstić information content (AvgIpc) is 2.95. The fraction of sp³-hybridized carbons (Fsp3) is 0.0769. The molecule has 0 aliphatic carbocycles. The number of ether oxygens (including phenoxy) is 3. The molecule has 0 saturated heterocycles. The molecule has 0 atom stereocenters. The van der Waals surface area contributed by atoms with Crippen molar-refractivity contribution in [1.29, 1.82) is 0 Å². The third kappa shape index (κ3) is 5.13. The lowest BCUT2D eigenvalue weighted by atomic mass is 10.0. The highest BCUT2D eigenvalue weighted by Crippen LogP contribution is 2.44. The summed E-state index contributed by atoms with van der Waals surface area (Å²) in [7, 11) is -2.68. The summed E-state index contributed by atoms with van der Waals surface area (Å²) < 4.78 is 164. The molecule has 6 nitrogen and oxygen atoms in total. The number of methoxy groups -OCH3 is 2. The first-order valence-corrected chi connectivity index (χ1v) is 12.4. The summed E-state index contributed by atoms with van der Waals surface area (Å²) in [6.07, 6.45) is 0. The van der Waals surface area contributed by atoms with Crippen molar-refractivity contribution in [2.75, 3.05) is 14.2 Å². The van der Waals surface area contributed by atoms with Gasteiger partial charge in [0, 0.05) is 5.56 Å². The molecule has 4 aromatic rings. The zero-order valence-electron chi connectivity index (χ0n) is 20.5. The van der Waals surface area contributed by atoms with Gasteiger partial charge in [0.1, 0.15) is 11.5 Å². The van der Waals surface area contributed by atoms with Crippen molar-refractivity contribution in [3.63, 3.8) is 0 Å². The maximum absolute atomic E-state index is 15.1. The lowest BCUT2D eigenvalue weighted by Gasteiger charge is -2.17. The Kier molecular flexibility index (Phi) is 7.87. The van der Waals surface area contributed by atoms with Crippen LogP contribution in [0, 0.1) is 46.5 Å². The van der Waals surface area contributed by atoms with Gasteiger partial charge in [-0.3, -0.25) is 4.55 Å². The number of rotatable bonds is 7. The Bertz CT molecular complexity index is 1740. The molecule has 0 amide bonds. The van der Waals surface area contributed by atoms with Crippen molar-refractivity contribution < 1.29 is 62.3 Å². The molecule has 0 spiro atoms. The number of benzene rings is 4. The van der Waals surface area contributed by atoms with Gasteiger partial charge in [-0.25, -0.2) is 17.6 Å². The SMILES string of the molecule is COc1ccc(Oc2c(F)c(F)c(-c3c(F)c(F)c(OC)c(F)c3F)c(F)c2F)c(-c2ccc(S(=O)(=O)O)cc2)c1. The van der Waals surface area contributed by atoms with Crippen molar-refractivity contribution in [3.8, 4) is 45.3 Å². The van der Waals surface area contributed by atoms with E-state index in [1.807, 2.05) is 0 Å². The van der Waals surface area contributed by atoms with Crippen molar-refractivity contribution in [2.45, 2.75) is 4.90 Å². The molecule has 0 aliphatic rings. The van der Waals surface area contributed by atoms with Crippen LogP contribution in [0.5, 0.6) is 23.0 Å². The Labute approximate surface area is 226 Å². The first kappa shape index (κ1) is 29.6. The van der Waals surface area contributed by atoms with E-state index in [4.69, 9.17) is 14.0 Å². The van der Waals surface area contributed by atoms with Crippen LogP contribution in [0.15, 0.2) is 47.4 Å². The molecular weight excluding hydrogens is 592 g/mol. The quantitative estimate of drug-likeness (QED) is 0.136. The predicted molar refractivity (Wildman–Crippen MR) is 126 cm³/mol. The highest BCUT2D eigenvalue weighted by atomic mass is 32.2. The van der Waals surface area contributed by atoms with Gasteiger partial charge in [-0.15, -0.1) is 0 Å². The van der Waals surface area contributed by atoms with Crippen LogP contribution in [0.2, 0.25) is 0 Å². The second-order valence-corrected chi connectivity index (χ2v) is 9.51. The summed E-state index contributed by atoms with van der Waals surface area (Å²) in [5, 5.41) is 0. The highest BCUT2D eigenvalue weighted by molar-refractivity contribution is 7.85. The Morgan fingerprint density at radius 2 is 1.07 bits per heavy atom. The van der Waals surface area contributed by atoms with Crippen molar-refractivity contribution in [2.24, 2.45) is 0 Å². The smallest absolute Gasteiger partial charge is 0.294 e. The van der Waals surface area contributed by atoms with Gasteiger partial charge >= 0.3 is 0 Å². The normalized spacial score (nSPS) is 11.5. The molecule has 0 radical (unpaired) electrons. The van der Waals surface area contributed by atoms with E-state index < -0.39 is 89.9 Å². The Morgan fingerprint density at radius 3 is 1.49 bits per heavy atom. The van der Waals surface area contributed by atoms with Crippen molar-refractivity contribution in [1.82, 2.24) is 0 Å². The Balaban J connectivity index is 1.89. The van der Waals surface area contributed by atoms with E-state index >= 15 is 17.6 Å². The van der Waals surface area contributed by atoms with E-state index in [2.05, 4.69) is 4.74 Å². The van der Waals surface area contributed by atoms with Gasteiger partial charge in [0.2, 0.25) is 29.0 Å². The molecule has 0 bridgehead atoms. The van der Waals surface area contributed by atoms with E-state index in [0.29, 0.717) is 7.11 Å². The van der Waals surface area contributed by atoms with Crippen LogP contribution < -0.4 is 14.2 Å². The summed E-state index contributed by atoms with van der Waals surface area (Å²) >= 11 is 0. The molecule has 41 heavy (non-hydrogen) atoms. The maximum Gasteiger partial charge on any atom is 0.294 e. The minimum Gasteiger partial charge on any atom is -0.497 e. The molecule has 216 valence electrons. The van der Waals surface area contributed by atoms with Gasteiger partial charge in [-0.05, 0) is 35.9 Å². The summed E-state index contributed by atoms with van der Waals surface area (Å²) in [5.41, 5.74) is -4.13. The van der Waals surface area contributed by atoms with Gasteiger partial charge in [-0.1, -0.05) is 12.1 Å². The number of hydrogen-bond donors (Lipinski definition) is 1. The van der Waals surface area contributed by atoms with Crippen LogP contribution in [-0.2, 0) is 10.1 Å². The van der Waals surface area contributed by atoms with Crippen LogP contribution in [-0.4, -0.2) is 27.2 Å². The van der Waals surface area contributed by atoms with E-state index in [9.17, 15) is 26.0 Å². The number of halogens is 8. The molecule has 4 aromatic carbocycles. The lowest BCUT2D eigenvalue weighted by Crippen LogP contribution is -2.09. The summed E-state index contributed by atoms with van der Waals surface area (Å²) in [4.78, 5) is -0.505. The summed E-state index contributed by atoms with van der Waals surface area (Å²) in [6, 6.07) is 7.76. The van der Waals surface area contributed by atoms with Gasteiger partial charge in [-0.2, -0.15) is 26.0 Å². The fourth-order valence-electron chi connectivity index (χ4n) is 3.80. The van der Waals surface area contributed by atoms with Crippen molar-refractivity contribution in [3.05, 3.63) is 89.0 Å². The average molecular weight is 606 g/mol. The van der Waals surface area contributed by atoms with E-state index in [0.717, 1.165) is 30.3 Å². The summed E-state index contributed by atoms with van der Waals surface area (Å²) in [5.74, 6) is -22.4. The minimum absolute atomic E-state index is 0.0636. The third-order valence-electron chi connectivity index (χ3n) is 5.76. The van der Waals surface area contributed by atoms with E-state index in [-0.39, 0.29) is 16.9 Å². The molecule has 1 N–H and O–H groups in total. The highest BCUT2D eigenvalue weighted by Gasteiger charge is 2.35. The molecule has 0 unspecified atom stereocenters. The molecule has 0 aromatic heterocycles. The molecule has 0 heterocycles. The topological polar surface area (TPSA) is 82.1 Å². The zero-order valence-corrected chi connectivity index (χ0v) is 21.3. The predicted octanol–water partition coefficient (Wildman–Crippen LogP) is 7.19. The second kappa shape index (κ2) is 10.9. The van der Waals surface area contributed by atoms with Gasteiger partial charge in [0.15, 0.2) is 29.0 Å². The molecule has 4 rings (SSSR count). The van der Waals surface area contributed by atoms with Gasteiger partial charge in [0.05, 0.1) is 30.2 Å². The minimum atomic E-state index is -4.58. The maximum atomic E-state index is 15.1. The van der Waals surface area contributed by atoms with Crippen LogP contribution in [0.25, 0.3) is 22.3 Å². The monoisotopic (exact) mass is 606 g/mol. The molecule has 0 aliphatic heterocycles. The van der Waals surface area contributed by atoms with Gasteiger partial charge < -0.3 is 14.2 Å². The fourth-order valence-corrected chi connectivity index (χ4v) is 4.28. The number of hydrogen-bond acceptors (Lipinski definition) is 5. The van der Waals surface area contributed by atoms with Gasteiger partial charge in [0.25, 0.3) is 10.1 Å². The Morgan fingerprint density at radius 1 is 0.610 bits per heavy atom. The van der Waals surface area contributed by atoms with E-state index in [1.165, 1.54) is 19.2 Å². The first-order chi connectivity index (χ1) is 19.2.